The van der Waals surface area contributed by atoms with Crippen molar-refractivity contribution in [2.24, 2.45) is 5.10 Å². The van der Waals surface area contributed by atoms with Gasteiger partial charge in [0.05, 0.1) is 37.3 Å². The number of para-hydroxylation sites is 1. The molecule has 154 valence electrons. The molecule has 3 N–H and O–H groups in total. The standard InChI is InChI=1S/C19H21BrN4O4S/c20-16-5-7-17(8-6-16)29(27,28)24-11-9-23(10-12-24)14-19(26)22-21-13-15-3-1-2-4-18(15)25/h1-8,13,25H,9-12,14H2,(H,22,26)/p+1/b21-13+. The molecule has 29 heavy (non-hydrogen) atoms. The molecule has 1 amide bonds. The highest BCUT2D eigenvalue weighted by Gasteiger charge is 2.31. The van der Waals surface area contributed by atoms with Crippen LogP contribution in [0.3, 0.4) is 0 Å². The van der Waals surface area contributed by atoms with Crippen LogP contribution < -0.4 is 10.3 Å². The fraction of sp³-hybridized carbons (Fsp3) is 0.263. The number of carbonyl (C=O) groups is 1. The number of hydrogen-bond acceptors (Lipinski definition) is 5. The Morgan fingerprint density at radius 2 is 1.83 bits per heavy atom. The number of piperazine rings is 1. The number of quaternary nitrogens is 1. The lowest BCUT2D eigenvalue weighted by Gasteiger charge is -2.31. The quantitative estimate of drug-likeness (QED) is 0.404. The summed E-state index contributed by atoms with van der Waals surface area (Å²) < 4.78 is 27.7. The summed E-state index contributed by atoms with van der Waals surface area (Å²) in [5, 5.41) is 13.5. The fourth-order valence-electron chi connectivity index (χ4n) is 3.01. The Hall–Kier alpha value is -2.27. The van der Waals surface area contributed by atoms with Gasteiger partial charge in [0.15, 0.2) is 6.54 Å². The van der Waals surface area contributed by atoms with Crippen LogP contribution in [0, 0.1) is 0 Å². The third kappa shape index (κ3) is 5.63. The molecule has 0 aromatic heterocycles. The second kappa shape index (κ2) is 9.49. The van der Waals surface area contributed by atoms with E-state index in [-0.39, 0.29) is 23.1 Å². The molecule has 0 atom stereocenters. The maximum atomic E-state index is 12.7. The number of nitrogens with one attached hydrogen (secondary N) is 2. The van der Waals surface area contributed by atoms with Gasteiger partial charge in [0.25, 0.3) is 5.91 Å². The summed E-state index contributed by atoms with van der Waals surface area (Å²) in [6, 6.07) is 13.2. The largest absolute Gasteiger partial charge is 0.507 e. The molecule has 10 heteroatoms. The third-order valence-corrected chi connectivity index (χ3v) is 7.06. The minimum Gasteiger partial charge on any atom is -0.507 e. The number of nitrogens with zero attached hydrogens (tertiary/aromatic N) is 2. The van der Waals surface area contributed by atoms with Crippen molar-refractivity contribution in [3.63, 3.8) is 0 Å². The van der Waals surface area contributed by atoms with Gasteiger partial charge in [-0.2, -0.15) is 9.41 Å². The van der Waals surface area contributed by atoms with Gasteiger partial charge in [-0.25, -0.2) is 13.8 Å². The van der Waals surface area contributed by atoms with E-state index in [4.69, 9.17) is 0 Å². The minimum absolute atomic E-state index is 0.0826. The smallest absolute Gasteiger partial charge is 0.295 e. The van der Waals surface area contributed by atoms with E-state index in [1.807, 2.05) is 0 Å². The summed E-state index contributed by atoms with van der Waals surface area (Å²) in [6.07, 6.45) is 1.38. The molecule has 0 unspecified atom stereocenters. The second-order valence-electron chi connectivity index (χ2n) is 6.64. The first kappa shape index (κ1) is 21.4. The van der Waals surface area contributed by atoms with Crippen LogP contribution in [0.5, 0.6) is 5.75 Å². The van der Waals surface area contributed by atoms with Crippen molar-refractivity contribution in [1.29, 1.82) is 0 Å². The van der Waals surface area contributed by atoms with E-state index >= 15 is 0 Å². The molecule has 0 radical (unpaired) electrons. The van der Waals surface area contributed by atoms with E-state index in [1.165, 1.54) is 16.6 Å². The van der Waals surface area contributed by atoms with Gasteiger partial charge in [-0.15, -0.1) is 0 Å². The van der Waals surface area contributed by atoms with Gasteiger partial charge in [0.1, 0.15) is 5.75 Å². The zero-order valence-electron chi connectivity index (χ0n) is 15.6. The summed E-state index contributed by atoms with van der Waals surface area (Å²) in [5.74, 6) is -0.185. The molecule has 2 aromatic carbocycles. The first-order chi connectivity index (χ1) is 13.9. The molecule has 1 aliphatic rings. The van der Waals surface area contributed by atoms with Crippen molar-refractivity contribution in [1.82, 2.24) is 9.73 Å². The Bertz CT molecular complexity index is 988. The number of hydrazone groups is 1. The zero-order valence-corrected chi connectivity index (χ0v) is 18.0. The Morgan fingerprint density at radius 3 is 2.48 bits per heavy atom. The van der Waals surface area contributed by atoms with E-state index in [2.05, 4.69) is 26.5 Å². The second-order valence-corrected chi connectivity index (χ2v) is 9.49. The Kier molecular flexibility index (Phi) is 7.01. The maximum Gasteiger partial charge on any atom is 0.295 e. The fourth-order valence-corrected chi connectivity index (χ4v) is 4.72. The van der Waals surface area contributed by atoms with Crippen molar-refractivity contribution >= 4 is 38.1 Å². The molecule has 1 aliphatic heterocycles. The molecule has 1 saturated heterocycles. The maximum absolute atomic E-state index is 12.7. The van der Waals surface area contributed by atoms with Crippen LogP contribution in [0.4, 0.5) is 0 Å². The molecule has 0 bridgehead atoms. The molecular weight excluding hydrogens is 460 g/mol. The van der Waals surface area contributed by atoms with Gasteiger partial charge in [-0.3, -0.25) is 4.79 Å². The van der Waals surface area contributed by atoms with Crippen molar-refractivity contribution in [3.8, 4) is 5.75 Å². The zero-order chi connectivity index (χ0) is 20.9. The lowest BCUT2D eigenvalue weighted by molar-refractivity contribution is -0.895. The predicted octanol–water partition coefficient (Wildman–Crippen LogP) is 0.194. The minimum atomic E-state index is -3.53. The number of benzene rings is 2. The molecular formula is C19H22BrN4O4S+. The van der Waals surface area contributed by atoms with Crippen LogP contribution in [0.15, 0.2) is 63.0 Å². The average molecular weight is 482 g/mol. The molecule has 2 aromatic rings. The number of phenolic OH excluding ortho intramolecular Hbond substituents is 1. The van der Waals surface area contributed by atoms with Gasteiger partial charge in [-0.1, -0.05) is 28.1 Å². The van der Waals surface area contributed by atoms with Crippen LogP contribution in [0.2, 0.25) is 0 Å². The number of hydrogen-bond donors (Lipinski definition) is 3. The highest BCUT2D eigenvalue weighted by atomic mass is 79.9. The molecule has 1 fully saturated rings. The van der Waals surface area contributed by atoms with Crippen LogP contribution in [-0.2, 0) is 14.8 Å². The van der Waals surface area contributed by atoms with E-state index in [0.717, 1.165) is 9.37 Å². The summed E-state index contributed by atoms with van der Waals surface area (Å²) in [5.41, 5.74) is 2.95. The average Bonchev–Trinajstić information content (AvgIpc) is 2.70. The van der Waals surface area contributed by atoms with Gasteiger partial charge in [0.2, 0.25) is 10.0 Å². The number of halogens is 1. The topological polar surface area (TPSA) is 104 Å². The third-order valence-electron chi connectivity index (χ3n) is 4.62. The van der Waals surface area contributed by atoms with E-state index in [1.54, 1.807) is 42.5 Å². The molecule has 0 saturated carbocycles. The van der Waals surface area contributed by atoms with Crippen molar-refractivity contribution in [2.45, 2.75) is 4.90 Å². The molecule has 0 spiro atoms. The van der Waals surface area contributed by atoms with Gasteiger partial charge in [0, 0.05) is 10.0 Å². The van der Waals surface area contributed by atoms with Crippen molar-refractivity contribution in [2.75, 3.05) is 32.7 Å². The van der Waals surface area contributed by atoms with Gasteiger partial charge < -0.3 is 10.0 Å². The van der Waals surface area contributed by atoms with Crippen LogP contribution in [0.25, 0.3) is 0 Å². The van der Waals surface area contributed by atoms with Gasteiger partial charge in [-0.05, 0) is 36.4 Å². The molecule has 0 aliphatic carbocycles. The van der Waals surface area contributed by atoms with E-state index in [9.17, 15) is 18.3 Å². The van der Waals surface area contributed by atoms with Crippen molar-refractivity contribution < 1.29 is 23.2 Å². The van der Waals surface area contributed by atoms with Gasteiger partial charge >= 0.3 is 0 Å². The predicted molar refractivity (Wildman–Crippen MR) is 112 cm³/mol. The SMILES string of the molecule is O=C(C[NH+]1CCN(S(=O)(=O)c2ccc(Br)cc2)CC1)N/N=C/c1ccccc1O. The lowest BCUT2D eigenvalue weighted by Crippen LogP contribution is -3.15. The Morgan fingerprint density at radius 1 is 1.17 bits per heavy atom. The molecule has 1 heterocycles. The highest BCUT2D eigenvalue weighted by Crippen LogP contribution is 2.18. The number of aromatic hydroxyl groups is 1. The monoisotopic (exact) mass is 481 g/mol. The first-order valence-corrected chi connectivity index (χ1v) is 11.3. The highest BCUT2D eigenvalue weighted by molar-refractivity contribution is 9.10. The number of rotatable bonds is 6. The number of amides is 1. The van der Waals surface area contributed by atoms with E-state index < -0.39 is 10.0 Å². The first-order valence-electron chi connectivity index (χ1n) is 9.05. The number of sulfonamides is 1. The number of carbonyl (C=O) groups excluding carboxylic acids is 1. The van der Waals surface area contributed by atoms with Crippen LogP contribution in [0.1, 0.15) is 5.56 Å². The Labute approximate surface area is 178 Å². The Balaban J connectivity index is 1.48. The number of phenols is 1. The summed E-state index contributed by atoms with van der Waals surface area (Å²) in [4.78, 5) is 13.3. The molecule has 3 rings (SSSR count). The lowest BCUT2D eigenvalue weighted by atomic mass is 10.2. The normalized spacial score (nSPS) is 16.2. The summed E-state index contributed by atoms with van der Waals surface area (Å²) in [6.45, 7) is 1.97. The van der Waals surface area contributed by atoms with Crippen molar-refractivity contribution in [3.05, 3.63) is 58.6 Å². The summed E-state index contributed by atoms with van der Waals surface area (Å²) in [7, 11) is -3.53. The van der Waals surface area contributed by atoms with E-state index in [0.29, 0.717) is 31.7 Å². The van der Waals surface area contributed by atoms with Crippen LogP contribution >= 0.6 is 15.9 Å². The van der Waals surface area contributed by atoms with Crippen LogP contribution in [-0.4, -0.2) is 62.7 Å². The summed E-state index contributed by atoms with van der Waals surface area (Å²) >= 11 is 3.30. The molecule has 8 nitrogen and oxygen atoms in total.